The number of nitrogens with two attached hydrogens (primary N) is 1. The van der Waals surface area contributed by atoms with E-state index in [9.17, 15) is 9.59 Å². The summed E-state index contributed by atoms with van der Waals surface area (Å²) in [6.07, 6.45) is 1.48. The molecule has 0 radical (unpaired) electrons. The Hall–Kier alpha value is -1.68. The molecule has 2 N–H and O–H groups in total. The Morgan fingerprint density at radius 1 is 1.09 bits per heavy atom. The first-order chi connectivity index (χ1) is 10.3. The molecule has 1 unspecified atom stereocenters. The molecule has 4 nitrogen and oxygen atoms in total. The van der Waals surface area contributed by atoms with E-state index >= 15 is 0 Å². The predicted octanol–water partition coefficient (Wildman–Crippen LogP) is 2.65. The van der Waals surface area contributed by atoms with Crippen LogP contribution < -0.4 is 5.73 Å². The van der Waals surface area contributed by atoms with Gasteiger partial charge in [0.05, 0.1) is 0 Å². The van der Waals surface area contributed by atoms with E-state index in [1.807, 2.05) is 31.2 Å². The Kier molecular flexibility index (Phi) is 7.25. The van der Waals surface area contributed by atoms with Gasteiger partial charge in [0.2, 0.25) is 5.91 Å². The molecule has 0 saturated heterocycles. The smallest absolute Gasteiger partial charge is 0.223 e. The molecule has 122 valence electrons. The Bertz CT molecular complexity index is 494. The first kappa shape index (κ1) is 18.4. The van der Waals surface area contributed by atoms with E-state index in [4.69, 9.17) is 5.73 Å². The lowest BCUT2D eigenvalue weighted by molar-refractivity contribution is -0.131. The standard InChI is InChI=1S/C18H28N2O2/c1-13(2)11-15-5-7-16(8-6-15)17(21)9-10-18(22)20(4)14(3)12-19/h5-8,13-14H,9-12,19H2,1-4H3. The van der Waals surface area contributed by atoms with Crippen molar-refractivity contribution in [1.29, 1.82) is 0 Å². The van der Waals surface area contributed by atoms with Crippen LogP contribution in [0.25, 0.3) is 0 Å². The molecule has 1 rings (SSSR count). The number of benzene rings is 1. The topological polar surface area (TPSA) is 63.4 Å². The van der Waals surface area contributed by atoms with Crippen LogP contribution in [-0.2, 0) is 11.2 Å². The molecule has 0 bridgehead atoms. The molecule has 22 heavy (non-hydrogen) atoms. The number of hydrogen-bond acceptors (Lipinski definition) is 3. The highest BCUT2D eigenvalue weighted by atomic mass is 16.2. The van der Waals surface area contributed by atoms with Gasteiger partial charge in [-0.2, -0.15) is 0 Å². The molecule has 0 saturated carbocycles. The van der Waals surface area contributed by atoms with Crippen LogP contribution >= 0.6 is 0 Å². The third-order valence-corrected chi connectivity index (χ3v) is 3.88. The van der Waals surface area contributed by atoms with Crippen LogP contribution in [0.15, 0.2) is 24.3 Å². The largest absolute Gasteiger partial charge is 0.342 e. The molecule has 1 aromatic carbocycles. The highest BCUT2D eigenvalue weighted by Gasteiger charge is 2.16. The van der Waals surface area contributed by atoms with E-state index in [1.165, 1.54) is 5.56 Å². The van der Waals surface area contributed by atoms with Crippen LogP contribution in [0.2, 0.25) is 0 Å². The number of nitrogens with zero attached hydrogens (tertiary/aromatic N) is 1. The molecule has 1 atom stereocenters. The minimum atomic E-state index is -0.0391. The summed E-state index contributed by atoms with van der Waals surface area (Å²) in [5.74, 6) is 0.570. The first-order valence-corrected chi connectivity index (χ1v) is 7.93. The lowest BCUT2D eigenvalue weighted by Crippen LogP contribution is -2.39. The summed E-state index contributed by atoms with van der Waals surface area (Å²) in [4.78, 5) is 25.7. The van der Waals surface area contributed by atoms with Crippen molar-refractivity contribution >= 4 is 11.7 Å². The van der Waals surface area contributed by atoms with Crippen molar-refractivity contribution in [1.82, 2.24) is 4.90 Å². The van der Waals surface area contributed by atoms with Crippen molar-refractivity contribution in [2.75, 3.05) is 13.6 Å². The van der Waals surface area contributed by atoms with Crippen LogP contribution in [0.3, 0.4) is 0 Å². The van der Waals surface area contributed by atoms with Crippen LogP contribution in [0.5, 0.6) is 0 Å². The van der Waals surface area contributed by atoms with Gasteiger partial charge in [0.25, 0.3) is 0 Å². The molecule has 0 aliphatic carbocycles. The van der Waals surface area contributed by atoms with Gasteiger partial charge in [0.1, 0.15) is 0 Å². The van der Waals surface area contributed by atoms with Crippen molar-refractivity contribution in [3.8, 4) is 0 Å². The number of amides is 1. The van der Waals surface area contributed by atoms with E-state index in [0.29, 0.717) is 18.0 Å². The number of carbonyl (C=O) groups is 2. The van der Waals surface area contributed by atoms with E-state index in [0.717, 1.165) is 6.42 Å². The lowest BCUT2D eigenvalue weighted by atomic mass is 9.99. The van der Waals surface area contributed by atoms with Crippen molar-refractivity contribution in [2.45, 2.75) is 46.1 Å². The van der Waals surface area contributed by atoms with Gasteiger partial charge < -0.3 is 10.6 Å². The maximum atomic E-state index is 12.1. The normalized spacial score (nSPS) is 12.3. The number of hydrogen-bond donors (Lipinski definition) is 1. The fourth-order valence-corrected chi connectivity index (χ4v) is 2.24. The zero-order valence-electron chi connectivity index (χ0n) is 14.1. The van der Waals surface area contributed by atoms with Gasteiger partial charge in [-0.1, -0.05) is 38.1 Å². The van der Waals surface area contributed by atoms with Gasteiger partial charge in [-0.25, -0.2) is 0 Å². The summed E-state index contributed by atoms with van der Waals surface area (Å²) in [5, 5.41) is 0. The van der Waals surface area contributed by atoms with Crippen LogP contribution in [0, 0.1) is 5.92 Å². The summed E-state index contributed by atoms with van der Waals surface area (Å²) in [7, 11) is 1.73. The summed E-state index contributed by atoms with van der Waals surface area (Å²) in [6, 6.07) is 7.71. The van der Waals surface area contributed by atoms with Crippen molar-refractivity contribution in [2.24, 2.45) is 11.7 Å². The van der Waals surface area contributed by atoms with Crippen LogP contribution in [0.1, 0.15) is 49.5 Å². The predicted molar refractivity (Wildman–Crippen MR) is 89.8 cm³/mol. The summed E-state index contributed by atoms with van der Waals surface area (Å²) >= 11 is 0. The average Bonchev–Trinajstić information content (AvgIpc) is 2.50. The molecule has 0 spiro atoms. The molecule has 4 heteroatoms. The second kappa shape index (κ2) is 8.69. The number of Topliss-reactive ketones (excluding diaryl/α,β-unsaturated/α-hetero) is 1. The molecule has 0 aromatic heterocycles. The van der Waals surface area contributed by atoms with Crippen molar-refractivity contribution in [3.63, 3.8) is 0 Å². The third-order valence-electron chi connectivity index (χ3n) is 3.88. The summed E-state index contributed by atoms with van der Waals surface area (Å²) in [6.45, 7) is 6.66. The highest BCUT2D eigenvalue weighted by Crippen LogP contribution is 2.12. The van der Waals surface area contributed by atoms with Gasteiger partial charge in [-0.15, -0.1) is 0 Å². The summed E-state index contributed by atoms with van der Waals surface area (Å²) < 4.78 is 0. The SMILES string of the molecule is CC(C)Cc1ccc(C(=O)CCC(=O)N(C)C(C)CN)cc1. The minimum absolute atomic E-state index is 0.00193. The fourth-order valence-electron chi connectivity index (χ4n) is 2.24. The maximum Gasteiger partial charge on any atom is 0.223 e. The molecular formula is C18H28N2O2. The van der Waals surface area contributed by atoms with Gasteiger partial charge in [0, 0.05) is 38.0 Å². The molecule has 0 heterocycles. The maximum absolute atomic E-state index is 12.1. The molecule has 1 aromatic rings. The molecule has 0 aliphatic rings. The second-order valence-electron chi connectivity index (χ2n) is 6.31. The minimum Gasteiger partial charge on any atom is -0.342 e. The van der Waals surface area contributed by atoms with Gasteiger partial charge >= 0.3 is 0 Å². The van der Waals surface area contributed by atoms with E-state index < -0.39 is 0 Å². The third kappa shape index (κ3) is 5.60. The van der Waals surface area contributed by atoms with Gasteiger partial charge in [-0.05, 0) is 24.8 Å². The second-order valence-corrected chi connectivity index (χ2v) is 6.31. The number of carbonyl (C=O) groups excluding carboxylic acids is 2. The van der Waals surface area contributed by atoms with Gasteiger partial charge in [0.15, 0.2) is 5.78 Å². The van der Waals surface area contributed by atoms with E-state index in [1.54, 1.807) is 11.9 Å². The molecule has 0 aliphatic heterocycles. The number of ketones is 1. The van der Waals surface area contributed by atoms with Crippen LogP contribution in [0.4, 0.5) is 0 Å². The van der Waals surface area contributed by atoms with E-state index in [2.05, 4.69) is 13.8 Å². The van der Waals surface area contributed by atoms with Crippen molar-refractivity contribution < 1.29 is 9.59 Å². The zero-order chi connectivity index (χ0) is 16.7. The average molecular weight is 304 g/mol. The molecular weight excluding hydrogens is 276 g/mol. The Morgan fingerprint density at radius 3 is 2.18 bits per heavy atom. The zero-order valence-corrected chi connectivity index (χ0v) is 14.1. The molecule has 1 amide bonds. The Labute approximate surface area is 133 Å². The Balaban J connectivity index is 2.53. The lowest BCUT2D eigenvalue weighted by Gasteiger charge is -2.23. The highest BCUT2D eigenvalue weighted by molar-refractivity contribution is 5.97. The first-order valence-electron chi connectivity index (χ1n) is 7.93. The summed E-state index contributed by atoms with van der Waals surface area (Å²) in [5.41, 5.74) is 7.46. The monoisotopic (exact) mass is 304 g/mol. The Morgan fingerprint density at radius 2 is 1.68 bits per heavy atom. The molecule has 0 fully saturated rings. The van der Waals surface area contributed by atoms with Crippen molar-refractivity contribution in [3.05, 3.63) is 35.4 Å². The van der Waals surface area contributed by atoms with E-state index in [-0.39, 0.29) is 30.6 Å². The van der Waals surface area contributed by atoms with Gasteiger partial charge in [-0.3, -0.25) is 9.59 Å². The number of rotatable bonds is 8. The van der Waals surface area contributed by atoms with Crippen LogP contribution in [-0.4, -0.2) is 36.2 Å². The quantitative estimate of drug-likeness (QED) is 0.751. The number of likely N-dealkylation sites (N-methyl/N-ethyl adjacent to an activating group) is 1. The fraction of sp³-hybridized carbons (Fsp3) is 0.556.